The van der Waals surface area contributed by atoms with Crippen molar-refractivity contribution in [3.05, 3.63) is 0 Å². The first-order chi connectivity index (χ1) is 4.83. The quantitative estimate of drug-likeness (QED) is 0.605. The van der Waals surface area contributed by atoms with Crippen LogP contribution in [-0.2, 0) is 3.74 Å². The SMILES string of the molecule is CN(C)[As](=O)(N(C)C)N(C)C. The molecule has 0 saturated heterocycles. The fourth-order valence-electron chi connectivity index (χ4n) is 1.07. The predicted molar refractivity (Wildman–Crippen MR) is 47.5 cm³/mol. The minimum atomic E-state index is -3.08. The topological polar surface area (TPSA) is 26.8 Å². The molecule has 0 bridgehead atoms. The van der Waals surface area contributed by atoms with Crippen LogP contribution < -0.4 is 0 Å². The third kappa shape index (κ3) is 2.09. The molecule has 0 spiro atoms. The maximum atomic E-state index is 12.2. The van der Waals surface area contributed by atoms with Gasteiger partial charge in [0.2, 0.25) is 0 Å². The van der Waals surface area contributed by atoms with Gasteiger partial charge in [-0.2, -0.15) is 0 Å². The van der Waals surface area contributed by atoms with E-state index in [0.29, 0.717) is 0 Å². The molecule has 0 rings (SSSR count). The first-order valence-electron chi connectivity index (χ1n) is 3.47. The molecule has 0 aliphatic rings. The van der Waals surface area contributed by atoms with Crippen molar-refractivity contribution in [1.29, 1.82) is 0 Å². The van der Waals surface area contributed by atoms with Crippen molar-refractivity contribution in [3.63, 3.8) is 0 Å². The zero-order valence-electron chi connectivity index (χ0n) is 8.20. The van der Waals surface area contributed by atoms with Crippen LogP contribution in [-0.4, -0.2) is 67.9 Å². The Hall–Kier alpha value is 0.238. The number of rotatable bonds is 3. The van der Waals surface area contributed by atoms with Crippen LogP contribution in [0.1, 0.15) is 0 Å². The van der Waals surface area contributed by atoms with E-state index in [1.807, 2.05) is 42.3 Å². The zero-order valence-corrected chi connectivity index (χ0v) is 10.1. The molecule has 0 N–H and O–H groups in total. The summed E-state index contributed by atoms with van der Waals surface area (Å²) < 4.78 is 17.6. The van der Waals surface area contributed by atoms with Crippen molar-refractivity contribution in [2.45, 2.75) is 0 Å². The van der Waals surface area contributed by atoms with E-state index in [1.54, 1.807) is 11.5 Å². The van der Waals surface area contributed by atoms with Crippen molar-refractivity contribution in [1.82, 2.24) is 11.5 Å². The van der Waals surface area contributed by atoms with Gasteiger partial charge in [0.25, 0.3) is 0 Å². The van der Waals surface area contributed by atoms with Gasteiger partial charge >= 0.3 is 71.6 Å². The summed E-state index contributed by atoms with van der Waals surface area (Å²) in [5.74, 6) is 0. The number of hydrogen-bond acceptors (Lipinski definition) is 1. The molecule has 0 aromatic heterocycles. The molecule has 0 heterocycles. The maximum absolute atomic E-state index is 12.2. The van der Waals surface area contributed by atoms with Crippen LogP contribution in [0.15, 0.2) is 0 Å². The third-order valence-electron chi connectivity index (χ3n) is 1.56. The van der Waals surface area contributed by atoms with E-state index in [2.05, 4.69) is 0 Å². The molecule has 5 heteroatoms. The molecule has 0 atom stereocenters. The molecule has 0 unspecified atom stereocenters. The zero-order chi connectivity index (χ0) is 9.23. The fourth-order valence-corrected chi connectivity index (χ4v) is 5.58. The molecule has 0 aromatic rings. The molecule has 0 aliphatic carbocycles. The Labute approximate surface area is 72.1 Å². The normalized spacial score (nSPS) is 13.5. The average Bonchev–Trinajstić information content (AvgIpc) is 1.84. The summed E-state index contributed by atoms with van der Waals surface area (Å²) in [6.45, 7) is 0. The van der Waals surface area contributed by atoms with Crippen molar-refractivity contribution >= 4 is 14.2 Å². The summed E-state index contributed by atoms with van der Waals surface area (Å²) in [5.41, 5.74) is 0. The van der Waals surface area contributed by atoms with Crippen LogP contribution in [0.3, 0.4) is 0 Å². The molecular weight excluding hydrogens is 205 g/mol. The van der Waals surface area contributed by atoms with E-state index in [1.165, 1.54) is 0 Å². The Morgan fingerprint density at radius 2 is 0.909 bits per heavy atom. The fraction of sp³-hybridized carbons (Fsp3) is 1.00. The van der Waals surface area contributed by atoms with Crippen LogP contribution in [0.4, 0.5) is 0 Å². The first-order valence-corrected chi connectivity index (χ1v) is 6.75. The van der Waals surface area contributed by atoms with Gasteiger partial charge in [0.1, 0.15) is 0 Å². The number of nitrogens with zero attached hydrogens (tertiary/aromatic N) is 3. The summed E-state index contributed by atoms with van der Waals surface area (Å²) in [7, 11) is 11.1. The molecule has 11 heavy (non-hydrogen) atoms. The van der Waals surface area contributed by atoms with Gasteiger partial charge in [-0.05, 0) is 0 Å². The molecule has 68 valence electrons. The second-order valence-corrected chi connectivity index (χ2v) is 10.2. The van der Waals surface area contributed by atoms with Crippen molar-refractivity contribution in [2.75, 3.05) is 42.3 Å². The van der Waals surface area contributed by atoms with Crippen LogP contribution in [0.5, 0.6) is 0 Å². The summed E-state index contributed by atoms with van der Waals surface area (Å²) in [6.07, 6.45) is 0. The monoisotopic (exact) mass is 223 g/mol. The standard InChI is InChI=1S/C6H18AsN3O/c1-8(2)7(11,9(3)4)10(5)6/h1-6H3. The van der Waals surface area contributed by atoms with Crippen molar-refractivity contribution in [2.24, 2.45) is 0 Å². The van der Waals surface area contributed by atoms with Crippen LogP contribution >= 0.6 is 0 Å². The second-order valence-electron chi connectivity index (χ2n) is 3.05. The Bertz CT molecular complexity index is 139. The van der Waals surface area contributed by atoms with Crippen LogP contribution in [0.25, 0.3) is 0 Å². The molecule has 0 fully saturated rings. The first kappa shape index (κ1) is 11.2. The van der Waals surface area contributed by atoms with Gasteiger partial charge in [0.05, 0.1) is 0 Å². The molecule has 0 radical (unpaired) electrons. The van der Waals surface area contributed by atoms with Gasteiger partial charge in [-0.25, -0.2) is 0 Å². The third-order valence-corrected chi connectivity index (χ3v) is 8.12. The molecule has 0 aromatic carbocycles. The Morgan fingerprint density at radius 3 is 0.909 bits per heavy atom. The van der Waals surface area contributed by atoms with Gasteiger partial charge < -0.3 is 0 Å². The Morgan fingerprint density at radius 1 is 0.727 bits per heavy atom. The van der Waals surface area contributed by atoms with Gasteiger partial charge in [-0.1, -0.05) is 0 Å². The molecule has 0 aliphatic heterocycles. The van der Waals surface area contributed by atoms with E-state index >= 15 is 0 Å². The summed E-state index contributed by atoms with van der Waals surface area (Å²) >= 11 is -3.08. The molecule has 4 nitrogen and oxygen atoms in total. The Balaban J connectivity index is 4.69. The van der Waals surface area contributed by atoms with Crippen molar-refractivity contribution in [3.8, 4) is 0 Å². The van der Waals surface area contributed by atoms with Gasteiger partial charge in [-0.3, -0.25) is 0 Å². The van der Waals surface area contributed by atoms with Gasteiger partial charge in [0, 0.05) is 0 Å². The van der Waals surface area contributed by atoms with Gasteiger partial charge in [-0.15, -0.1) is 0 Å². The summed E-state index contributed by atoms with van der Waals surface area (Å²) in [6, 6.07) is 0. The van der Waals surface area contributed by atoms with E-state index in [9.17, 15) is 3.74 Å². The van der Waals surface area contributed by atoms with Crippen LogP contribution in [0.2, 0.25) is 0 Å². The summed E-state index contributed by atoms with van der Waals surface area (Å²) in [5, 5.41) is 0. The van der Waals surface area contributed by atoms with E-state index < -0.39 is 14.2 Å². The average molecular weight is 223 g/mol. The van der Waals surface area contributed by atoms with Gasteiger partial charge in [0.15, 0.2) is 0 Å². The number of hydrogen-bond donors (Lipinski definition) is 0. The Kier molecular flexibility index (Phi) is 3.84. The predicted octanol–water partition coefficient (Wildman–Crippen LogP) is -0.463. The van der Waals surface area contributed by atoms with Crippen LogP contribution in [0, 0.1) is 0 Å². The summed E-state index contributed by atoms with van der Waals surface area (Å²) in [4.78, 5) is 0. The minimum absolute atomic E-state index is 1.80. The van der Waals surface area contributed by atoms with E-state index in [4.69, 9.17) is 0 Å². The molecular formula is C6H18AsN3O. The van der Waals surface area contributed by atoms with E-state index in [-0.39, 0.29) is 0 Å². The van der Waals surface area contributed by atoms with E-state index in [0.717, 1.165) is 0 Å². The van der Waals surface area contributed by atoms with Crippen molar-refractivity contribution < 1.29 is 3.74 Å². The molecule has 0 amide bonds. The molecule has 0 saturated carbocycles. The second kappa shape index (κ2) is 3.76.